The summed E-state index contributed by atoms with van der Waals surface area (Å²) in [7, 11) is 0. The van der Waals surface area contributed by atoms with Crippen LogP contribution < -0.4 is 0 Å². The molecule has 1 N–H and O–H groups in total. The van der Waals surface area contributed by atoms with Gasteiger partial charge in [0, 0.05) is 5.41 Å². The molecule has 0 heterocycles. The maximum Gasteiger partial charge on any atom is 0.116 e. The summed E-state index contributed by atoms with van der Waals surface area (Å²) in [5, 5.41) is 11.6. The highest BCUT2D eigenvalue weighted by atomic mass is 16.3. The van der Waals surface area contributed by atoms with Crippen molar-refractivity contribution in [3.63, 3.8) is 0 Å². The number of hydrogen-bond donors (Lipinski definition) is 1. The second kappa shape index (κ2) is 5.07. The average Bonchev–Trinajstić information content (AvgIpc) is 2.87. The minimum atomic E-state index is -0.942. The van der Waals surface area contributed by atoms with E-state index < -0.39 is 5.60 Å². The van der Waals surface area contributed by atoms with Crippen LogP contribution in [0.1, 0.15) is 35.6 Å². The molecule has 0 radical (unpaired) electrons. The Morgan fingerprint density at radius 2 is 1.13 bits per heavy atom. The summed E-state index contributed by atoms with van der Waals surface area (Å²) >= 11 is 0. The van der Waals surface area contributed by atoms with Crippen LogP contribution >= 0.6 is 0 Å². The summed E-state index contributed by atoms with van der Waals surface area (Å²) in [6.07, 6.45) is 0.660. The summed E-state index contributed by atoms with van der Waals surface area (Å²) < 4.78 is 0. The van der Waals surface area contributed by atoms with E-state index in [1.165, 1.54) is 11.1 Å². The third-order valence-electron chi connectivity index (χ3n) is 5.24. The summed E-state index contributed by atoms with van der Waals surface area (Å²) in [4.78, 5) is 0. The van der Waals surface area contributed by atoms with Crippen LogP contribution in [0.3, 0.4) is 0 Å². The molecule has 0 unspecified atom stereocenters. The molecule has 1 aliphatic carbocycles. The van der Waals surface area contributed by atoms with Crippen molar-refractivity contribution in [3.05, 3.63) is 107 Å². The van der Waals surface area contributed by atoms with Crippen molar-refractivity contribution < 1.29 is 5.11 Å². The van der Waals surface area contributed by atoms with Gasteiger partial charge in [-0.1, -0.05) is 91.9 Å². The number of benzene rings is 3. The van der Waals surface area contributed by atoms with Crippen LogP contribution in [0.15, 0.2) is 84.9 Å². The SMILES string of the molecule is C[C@@]1(c2ccccc2)C[C@@](O)(c2ccccc2)c2ccccc21. The minimum absolute atomic E-state index is 0.192. The Bertz CT molecular complexity index is 754. The van der Waals surface area contributed by atoms with Crippen LogP contribution in [0.25, 0.3) is 0 Å². The highest BCUT2D eigenvalue weighted by molar-refractivity contribution is 5.54. The van der Waals surface area contributed by atoms with Gasteiger partial charge in [0.2, 0.25) is 0 Å². The fourth-order valence-corrected chi connectivity index (χ4v) is 4.06. The Morgan fingerprint density at radius 3 is 1.74 bits per heavy atom. The van der Waals surface area contributed by atoms with Gasteiger partial charge in [0.25, 0.3) is 0 Å². The lowest BCUT2D eigenvalue weighted by molar-refractivity contribution is 0.0707. The lowest BCUT2D eigenvalue weighted by atomic mass is 9.76. The van der Waals surface area contributed by atoms with Gasteiger partial charge >= 0.3 is 0 Å². The number of hydrogen-bond acceptors (Lipinski definition) is 1. The molecule has 0 aromatic heterocycles. The van der Waals surface area contributed by atoms with Crippen LogP contribution in [-0.2, 0) is 11.0 Å². The van der Waals surface area contributed by atoms with Gasteiger partial charge < -0.3 is 5.11 Å². The number of aliphatic hydroxyl groups is 1. The average molecular weight is 300 g/mol. The molecule has 114 valence electrons. The van der Waals surface area contributed by atoms with Crippen molar-refractivity contribution in [1.29, 1.82) is 0 Å². The predicted octanol–water partition coefficient (Wildman–Crippen LogP) is 4.63. The van der Waals surface area contributed by atoms with Crippen LogP contribution in [0.2, 0.25) is 0 Å². The lowest BCUT2D eigenvalue weighted by Gasteiger charge is -2.30. The highest BCUT2D eigenvalue weighted by Crippen LogP contribution is 2.54. The first-order chi connectivity index (χ1) is 11.1. The van der Waals surface area contributed by atoms with Crippen LogP contribution in [-0.4, -0.2) is 5.11 Å². The van der Waals surface area contributed by atoms with E-state index in [1.807, 2.05) is 42.5 Å². The largest absolute Gasteiger partial charge is 0.380 e. The second-order valence-electron chi connectivity index (χ2n) is 6.65. The molecule has 1 nitrogen and oxygen atoms in total. The Morgan fingerprint density at radius 1 is 0.652 bits per heavy atom. The molecular weight excluding hydrogens is 280 g/mol. The third kappa shape index (κ3) is 2.04. The van der Waals surface area contributed by atoms with E-state index >= 15 is 0 Å². The van der Waals surface area contributed by atoms with E-state index in [4.69, 9.17) is 0 Å². The Labute approximate surface area is 137 Å². The molecule has 0 aliphatic heterocycles. The number of fused-ring (bicyclic) bond motifs is 1. The summed E-state index contributed by atoms with van der Waals surface area (Å²) in [6, 6.07) is 28.8. The van der Waals surface area contributed by atoms with Crippen molar-refractivity contribution in [2.45, 2.75) is 24.4 Å². The van der Waals surface area contributed by atoms with Gasteiger partial charge in [-0.05, 0) is 28.7 Å². The van der Waals surface area contributed by atoms with Crippen molar-refractivity contribution in [1.82, 2.24) is 0 Å². The molecule has 2 atom stereocenters. The fourth-order valence-electron chi connectivity index (χ4n) is 4.06. The van der Waals surface area contributed by atoms with E-state index in [-0.39, 0.29) is 5.41 Å². The Hall–Kier alpha value is -2.38. The highest BCUT2D eigenvalue weighted by Gasteiger charge is 2.50. The topological polar surface area (TPSA) is 20.2 Å². The van der Waals surface area contributed by atoms with Crippen LogP contribution in [0.5, 0.6) is 0 Å². The van der Waals surface area contributed by atoms with Crippen molar-refractivity contribution in [3.8, 4) is 0 Å². The molecule has 0 fully saturated rings. The molecule has 0 amide bonds. The predicted molar refractivity (Wildman–Crippen MR) is 93.4 cm³/mol. The molecule has 0 bridgehead atoms. The zero-order valence-corrected chi connectivity index (χ0v) is 13.2. The third-order valence-corrected chi connectivity index (χ3v) is 5.24. The number of rotatable bonds is 2. The van der Waals surface area contributed by atoms with Gasteiger partial charge in [0.05, 0.1) is 0 Å². The molecule has 3 aromatic carbocycles. The Kier molecular flexibility index (Phi) is 3.14. The standard InChI is InChI=1S/C22H20O/c1-21(17-10-4-2-5-11-17)16-22(23,18-12-6-3-7-13-18)20-15-9-8-14-19(20)21/h2-15,23H,16H2,1H3/t21-,22+/m0/s1. The van der Waals surface area contributed by atoms with Crippen LogP contribution in [0.4, 0.5) is 0 Å². The first-order valence-corrected chi connectivity index (χ1v) is 8.08. The van der Waals surface area contributed by atoms with Gasteiger partial charge in [-0.25, -0.2) is 0 Å². The smallest absolute Gasteiger partial charge is 0.116 e. The van der Waals surface area contributed by atoms with Crippen molar-refractivity contribution >= 4 is 0 Å². The van der Waals surface area contributed by atoms with E-state index in [1.54, 1.807) is 0 Å². The quantitative estimate of drug-likeness (QED) is 0.731. The summed E-state index contributed by atoms with van der Waals surface area (Å²) in [6.45, 7) is 2.24. The molecule has 3 aromatic rings. The maximum atomic E-state index is 11.6. The van der Waals surface area contributed by atoms with Gasteiger partial charge in [-0.15, -0.1) is 0 Å². The first kappa shape index (κ1) is 14.2. The molecule has 23 heavy (non-hydrogen) atoms. The molecule has 0 saturated carbocycles. The molecule has 1 aliphatic rings. The van der Waals surface area contributed by atoms with Gasteiger partial charge in [-0.3, -0.25) is 0 Å². The maximum absolute atomic E-state index is 11.6. The zero-order chi connectivity index (χ0) is 15.9. The first-order valence-electron chi connectivity index (χ1n) is 8.08. The van der Waals surface area contributed by atoms with E-state index in [0.29, 0.717) is 6.42 Å². The normalized spacial score (nSPS) is 26.0. The lowest BCUT2D eigenvalue weighted by Crippen LogP contribution is -2.28. The van der Waals surface area contributed by atoms with Gasteiger partial charge in [0.1, 0.15) is 5.60 Å². The minimum Gasteiger partial charge on any atom is -0.380 e. The van der Waals surface area contributed by atoms with E-state index in [0.717, 1.165) is 11.1 Å². The zero-order valence-electron chi connectivity index (χ0n) is 13.2. The molecule has 1 heteroatoms. The fraction of sp³-hybridized carbons (Fsp3) is 0.182. The van der Waals surface area contributed by atoms with Crippen molar-refractivity contribution in [2.75, 3.05) is 0 Å². The van der Waals surface area contributed by atoms with Crippen LogP contribution in [0, 0.1) is 0 Å². The van der Waals surface area contributed by atoms with E-state index in [2.05, 4.69) is 49.4 Å². The van der Waals surface area contributed by atoms with Gasteiger partial charge in [-0.2, -0.15) is 0 Å². The van der Waals surface area contributed by atoms with Gasteiger partial charge in [0.15, 0.2) is 0 Å². The Balaban J connectivity index is 1.95. The van der Waals surface area contributed by atoms with Crippen molar-refractivity contribution in [2.24, 2.45) is 0 Å². The molecule has 0 spiro atoms. The van der Waals surface area contributed by atoms with E-state index in [9.17, 15) is 5.11 Å². The summed E-state index contributed by atoms with van der Waals surface area (Å²) in [5.74, 6) is 0. The second-order valence-corrected chi connectivity index (χ2v) is 6.65. The monoisotopic (exact) mass is 300 g/mol. The molecule has 4 rings (SSSR count). The molecular formula is C22H20O. The summed E-state index contributed by atoms with van der Waals surface area (Å²) in [5.41, 5.74) is 3.33. The molecule has 0 saturated heterocycles.